The van der Waals surface area contributed by atoms with Crippen LogP contribution in [-0.4, -0.2) is 29.6 Å². The molecule has 1 aromatic heterocycles. The molecular formula is C27H27N3O2. The van der Waals surface area contributed by atoms with Crippen molar-refractivity contribution in [1.82, 2.24) is 9.88 Å². The molecule has 3 aromatic carbocycles. The summed E-state index contributed by atoms with van der Waals surface area (Å²) in [5.41, 5.74) is 7.53. The van der Waals surface area contributed by atoms with Gasteiger partial charge in [0.15, 0.2) is 0 Å². The van der Waals surface area contributed by atoms with Gasteiger partial charge < -0.3 is 19.9 Å². The first kappa shape index (κ1) is 20.2. The number of hydrogen-bond acceptors (Lipinski definition) is 2. The number of carbonyl (C=O) groups excluding carboxylic acids is 1. The van der Waals surface area contributed by atoms with E-state index in [2.05, 4.69) is 59.7 Å². The lowest BCUT2D eigenvalue weighted by atomic mass is 9.92. The Morgan fingerprint density at radius 1 is 1.03 bits per heavy atom. The summed E-state index contributed by atoms with van der Waals surface area (Å²) in [4.78, 5) is 19.1. The Labute approximate surface area is 188 Å². The van der Waals surface area contributed by atoms with Crippen molar-refractivity contribution in [2.45, 2.75) is 26.3 Å². The first-order valence-corrected chi connectivity index (χ1v) is 10.9. The Morgan fingerprint density at radius 3 is 2.56 bits per heavy atom. The van der Waals surface area contributed by atoms with Gasteiger partial charge in [-0.25, -0.2) is 4.79 Å². The molecule has 32 heavy (non-hydrogen) atoms. The van der Waals surface area contributed by atoms with Gasteiger partial charge in [0, 0.05) is 23.1 Å². The fourth-order valence-corrected chi connectivity index (χ4v) is 4.66. The number of rotatable bonds is 3. The van der Waals surface area contributed by atoms with Crippen molar-refractivity contribution in [1.29, 1.82) is 0 Å². The summed E-state index contributed by atoms with van der Waals surface area (Å²) in [5.74, 6) is 0.652. The number of hydrogen-bond donors (Lipinski definition) is 2. The van der Waals surface area contributed by atoms with Gasteiger partial charge in [-0.05, 0) is 55.2 Å². The summed E-state index contributed by atoms with van der Waals surface area (Å²) in [7, 11) is 1.62. The number of carbonyl (C=O) groups is 1. The number of aromatic amines is 1. The largest absolute Gasteiger partial charge is 0.495 e. The number of urea groups is 1. The number of ether oxygens (including phenoxy) is 1. The molecule has 0 radical (unpaired) electrons. The molecule has 0 bridgehead atoms. The van der Waals surface area contributed by atoms with Gasteiger partial charge in [-0.2, -0.15) is 0 Å². The van der Waals surface area contributed by atoms with E-state index < -0.39 is 0 Å². The Kier molecular flexibility index (Phi) is 5.10. The molecule has 0 unspecified atom stereocenters. The van der Waals surface area contributed by atoms with Gasteiger partial charge in [-0.3, -0.25) is 0 Å². The van der Waals surface area contributed by atoms with Crippen molar-refractivity contribution in [2.75, 3.05) is 19.0 Å². The van der Waals surface area contributed by atoms with Crippen LogP contribution in [0.25, 0.3) is 10.9 Å². The van der Waals surface area contributed by atoms with E-state index in [1.54, 1.807) is 7.11 Å². The number of anilines is 1. The monoisotopic (exact) mass is 425 g/mol. The van der Waals surface area contributed by atoms with Crippen LogP contribution < -0.4 is 10.1 Å². The average molecular weight is 426 g/mol. The Balaban J connectivity index is 1.57. The van der Waals surface area contributed by atoms with E-state index in [-0.39, 0.29) is 12.1 Å². The van der Waals surface area contributed by atoms with Crippen LogP contribution in [0.15, 0.2) is 66.7 Å². The van der Waals surface area contributed by atoms with Gasteiger partial charge in [0.25, 0.3) is 0 Å². The van der Waals surface area contributed by atoms with E-state index >= 15 is 0 Å². The van der Waals surface area contributed by atoms with Gasteiger partial charge in [0.2, 0.25) is 0 Å². The van der Waals surface area contributed by atoms with Crippen LogP contribution in [-0.2, 0) is 6.42 Å². The van der Waals surface area contributed by atoms with Crippen LogP contribution in [0.5, 0.6) is 5.75 Å². The fraction of sp³-hybridized carbons (Fsp3) is 0.222. The number of aryl methyl sites for hydroxylation is 2. The quantitative estimate of drug-likeness (QED) is 0.425. The highest BCUT2D eigenvalue weighted by atomic mass is 16.5. The molecule has 5 nitrogen and oxygen atoms in total. The average Bonchev–Trinajstić information content (AvgIpc) is 3.18. The van der Waals surface area contributed by atoms with Gasteiger partial charge in [-0.15, -0.1) is 0 Å². The summed E-state index contributed by atoms with van der Waals surface area (Å²) in [5, 5.41) is 4.33. The maximum atomic E-state index is 13.6. The van der Waals surface area contributed by atoms with Crippen LogP contribution in [0.4, 0.5) is 10.5 Å². The molecule has 0 spiro atoms. The molecule has 0 saturated carbocycles. The van der Waals surface area contributed by atoms with Gasteiger partial charge in [0.05, 0.1) is 18.8 Å². The predicted molar refractivity (Wildman–Crippen MR) is 128 cm³/mol. The van der Waals surface area contributed by atoms with E-state index in [4.69, 9.17) is 4.74 Å². The van der Waals surface area contributed by atoms with E-state index in [9.17, 15) is 4.79 Å². The summed E-state index contributed by atoms with van der Waals surface area (Å²) >= 11 is 0. The predicted octanol–water partition coefficient (Wildman–Crippen LogP) is 5.97. The minimum Gasteiger partial charge on any atom is -0.495 e. The van der Waals surface area contributed by atoms with Crippen molar-refractivity contribution in [3.05, 3.63) is 94.7 Å². The molecule has 5 rings (SSSR count). The van der Waals surface area contributed by atoms with Crippen LogP contribution in [0.3, 0.4) is 0 Å². The third-order valence-electron chi connectivity index (χ3n) is 6.28. The van der Waals surface area contributed by atoms with Crippen molar-refractivity contribution in [2.24, 2.45) is 0 Å². The first-order chi connectivity index (χ1) is 15.5. The van der Waals surface area contributed by atoms with Gasteiger partial charge >= 0.3 is 6.03 Å². The number of H-pyrrole nitrogens is 1. The third-order valence-corrected chi connectivity index (χ3v) is 6.28. The molecule has 2 heterocycles. The molecule has 2 N–H and O–H groups in total. The molecule has 162 valence electrons. The molecule has 1 aliphatic rings. The molecule has 5 heteroatoms. The summed E-state index contributed by atoms with van der Waals surface area (Å²) in [6.07, 6.45) is 0.806. The van der Waals surface area contributed by atoms with Crippen molar-refractivity contribution >= 4 is 22.6 Å². The topological polar surface area (TPSA) is 57.4 Å². The Bertz CT molecular complexity index is 1290. The molecule has 0 fully saturated rings. The molecule has 4 aromatic rings. The molecule has 1 aliphatic heterocycles. The number of fused-ring (bicyclic) bond motifs is 3. The number of para-hydroxylation sites is 1. The highest BCUT2D eigenvalue weighted by Crippen LogP contribution is 2.39. The van der Waals surface area contributed by atoms with Crippen molar-refractivity contribution < 1.29 is 9.53 Å². The first-order valence-electron chi connectivity index (χ1n) is 10.9. The zero-order valence-corrected chi connectivity index (χ0v) is 18.6. The number of amides is 2. The fourth-order valence-electron chi connectivity index (χ4n) is 4.66. The number of nitrogens with zero attached hydrogens (tertiary/aromatic N) is 1. The minimum absolute atomic E-state index is 0.135. The summed E-state index contributed by atoms with van der Waals surface area (Å²) in [6.45, 7) is 4.71. The van der Waals surface area contributed by atoms with Crippen LogP contribution in [0.1, 0.15) is 34.0 Å². The zero-order chi connectivity index (χ0) is 22.2. The molecule has 1 atom stereocenters. The highest BCUT2D eigenvalue weighted by Gasteiger charge is 2.34. The normalized spacial score (nSPS) is 15.5. The summed E-state index contributed by atoms with van der Waals surface area (Å²) in [6, 6.07) is 22.3. The number of methoxy groups -OCH3 is 1. The van der Waals surface area contributed by atoms with Crippen molar-refractivity contribution in [3.63, 3.8) is 0 Å². The van der Waals surface area contributed by atoms with E-state index in [1.165, 1.54) is 16.5 Å². The molecular weight excluding hydrogens is 398 g/mol. The lowest BCUT2D eigenvalue weighted by Crippen LogP contribution is -2.43. The molecule has 0 aliphatic carbocycles. The zero-order valence-electron chi connectivity index (χ0n) is 18.6. The van der Waals surface area contributed by atoms with Gasteiger partial charge in [0.1, 0.15) is 5.75 Å². The smallest absolute Gasteiger partial charge is 0.322 e. The van der Waals surface area contributed by atoms with Gasteiger partial charge in [-0.1, -0.05) is 54.1 Å². The Morgan fingerprint density at radius 2 is 1.78 bits per heavy atom. The lowest BCUT2D eigenvalue weighted by Gasteiger charge is -2.36. The number of nitrogens with one attached hydrogen (secondary N) is 2. The number of benzene rings is 3. The second-order valence-corrected chi connectivity index (χ2v) is 8.45. The summed E-state index contributed by atoms with van der Waals surface area (Å²) < 4.78 is 5.47. The highest BCUT2D eigenvalue weighted by molar-refractivity contribution is 5.93. The third kappa shape index (κ3) is 3.50. The SMILES string of the molecule is COc1ccc(C)cc1NC(=O)N1CCc2c([nH]c3ccccc23)[C@@H]1c1ccc(C)cc1. The molecule has 0 saturated heterocycles. The second kappa shape index (κ2) is 8.08. The van der Waals surface area contributed by atoms with E-state index in [1.807, 2.05) is 36.1 Å². The number of aromatic nitrogens is 1. The minimum atomic E-state index is -0.192. The van der Waals surface area contributed by atoms with Crippen LogP contribution >= 0.6 is 0 Å². The standard InChI is InChI=1S/C27H27N3O2/c1-17-8-11-19(12-9-17)26-25-21(20-6-4-5-7-22(20)28-25)14-15-30(26)27(31)29-23-16-18(2)10-13-24(23)32-3/h4-13,16,26,28H,14-15H2,1-3H3,(H,29,31)/t26-/m0/s1. The maximum absolute atomic E-state index is 13.6. The van der Waals surface area contributed by atoms with E-state index in [0.717, 1.165) is 28.8 Å². The molecule has 2 amide bonds. The van der Waals surface area contributed by atoms with Crippen LogP contribution in [0, 0.1) is 13.8 Å². The van der Waals surface area contributed by atoms with E-state index in [0.29, 0.717) is 18.0 Å². The Hall–Kier alpha value is -3.73. The second-order valence-electron chi connectivity index (χ2n) is 8.45. The van der Waals surface area contributed by atoms with Crippen molar-refractivity contribution in [3.8, 4) is 5.75 Å². The maximum Gasteiger partial charge on any atom is 0.322 e. The lowest BCUT2D eigenvalue weighted by molar-refractivity contribution is 0.193. The van der Waals surface area contributed by atoms with Crippen LogP contribution in [0.2, 0.25) is 0 Å².